The monoisotopic (exact) mass is 424 g/mol. The topological polar surface area (TPSA) is 65.0 Å². The molecule has 0 spiro atoms. The molecule has 0 bridgehead atoms. The van der Waals surface area contributed by atoms with Crippen molar-refractivity contribution >= 4 is 11.0 Å². The maximum absolute atomic E-state index is 5.46. The van der Waals surface area contributed by atoms with Crippen LogP contribution in [-0.4, -0.2) is 34.0 Å². The highest BCUT2D eigenvalue weighted by Gasteiger charge is 2.12. The van der Waals surface area contributed by atoms with Gasteiger partial charge in [0.1, 0.15) is 5.65 Å². The number of hydrogen-bond acceptors (Lipinski definition) is 4. The van der Waals surface area contributed by atoms with Crippen molar-refractivity contribution in [3.8, 4) is 33.8 Å². The third kappa shape index (κ3) is 3.71. The van der Waals surface area contributed by atoms with Gasteiger partial charge in [-0.3, -0.25) is 4.68 Å². The van der Waals surface area contributed by atoms with Crippen molar-refractivity contribution in [1.82, 2.24) is 19.7 Å². The average molecular weight is 425 g/mol. The fourth-order valence-corrected chi connectivity index (χ4v) is 3.89. The van der Waals surface area contributed by atoms with Gasteiger partial charge in [0.25, 0.3) is 0 Å². The SMILES string of the molecule is COc1ccc(-c2cnc3[nH]cc(-c4cnn(Cc5ccc(C)cc5)c4)c3c2)cc1OC. The maximum atomic E-state index is 5.46. The maximum Gasteiger partial charge on any atom is 0.161 e. The van der Waals surface area contributed by atoms with E-state index in [-0.39, 0.29) is 0 Å². The Bertz CT molecular complexity index is 1380. The minimum atomic E-state index is 0.691. The molecule has 5 rings (SSSR count). The van der Waals surface area contributed by atoms with Gasteiger partial charge >= 0.3 is 0 Å². The lowest BCUT2D eigenvalue weighted by atomic mass is 10.0. The van der Waals surface area contributed by atoms with Gasteiger partial charge in [0.05, 0.1) is 27.0 Å². The second-order valence-corrected chi connectivity index (χ2v) is 7.80. The van der Waals surface area contributed by atoms with E-state index >= 15 is 0 Å². The van der Waals surface area contributed by atoms with Crippen LogP contribution < -0.4 is 9.47 Å². The van der Waals surface area contributed by atoms with Crippen LogP contribution in [0.5, 0.6) is 11.5 Å². The second kappa shape index (κ2) is 8.23. The molecule has 0 atom stereocenters. The zero-order chi connectivity index (χ0) is 22.1. The van der Waals surface area contributed by atoms with Crippen LogP contribution in [0.1, 0.15) is 11.1 Å². The highest BCUT2D eigenvalue weighted by Crippen LogP contribution is 2.35. The van der Waals surface area contributed by atoms with Crippen LogP contribution >= 0.6 is 0 Å². The summed E-state index contributed by atoms with van der Waals surface area (Å²) >= 11 is 0. The molecular weight excluding hydrogens is 400 g/mol. The zero-order valence-corrected chi connectivity index (χ0v) is 18.3. The summed E-state index contributed by atoms with van der Waals surface area (Å²) in [5.74, 6) is 1.39. The van der Waals surface area contributed by atoms with E-state index < -0.39 is 0 Å². The Hall–Kier alpha value is -4.06. The Morgan fingerprint density at radius 3 is 2.47 bits per heavy atom. The number of aromatic amines is 1. The number of nitrogens with one attached hydrogen (secondary N) is 1. The molecule has 6 nitrogen and oxygen atoms in total. The van der Waals surface area contributed by atoms with E-state index in [1.165, 1.54) is 11.1 Å². The quantitative estimate of drug-likeness (QED) is 0.393. The Morgan fingerprint density at radius 2 is 1.69 bits per heavy atom. The molecule has 0 aliphatic rings. The molecule has 0 fully saturated rings. The lowest BCUT2D eigenvalue weighted by molar-refractivity contribution is 0.355. The molecule has 3 heterocycles. The number of aryl methyl sites for hydroxylation is 1. The number of hydrogen-bond donors (Lipinski definition) is 1. The van der Waals surface area contributed by atoms with Crippen molar-refractivity contribution in [2.45, 2.75) is 13.5 Å². The predicted octanol–water partition coefficient (Wildman–Crippen LogP) is 5.47. The highest BCUT2D eigenvalue weighted by atomic mass is 16.5. The van der Waals surface area contributed by atoms with Crippen molar-refractivity contribution in [2.24, 2.45) is 0 Å². The molecule has 0 aliphatic heterocycles. The Labute approximate surface area is 186 Å². The standard InChI is InChI=1S/C26H24N4O2/c1-17-4-6-18(7-5-17)15-30-16-21(13-29-30)23-14-28-26-22(23)10-20(12-27-26)19-8-9-24(31-2)25(11-19)32-3/h4-14,16H,15H2,1-3H3,(H,27,28). The summed E-state index contributed by atoms with van der Waals surface area (Å²) in [5.41, 5.74) is 7.47. The van der Waals surface area contributed by atoms with Crippen LogP contribution in [-0.2, 0) is 6.54 Å². The molecule has 1 N–H and O–H groups in total. The smallest absolute Gasteiger partial charge is 0.161 e. The van der Waals surface area contributed by atoms with Gasteiger partial charge in [0.2, 0.25) is 0 Å². The van der Waals surface area contributed by atoms with Crippen molar-refractivity contribution < 1.29 is 9.47 Å². The number of methoxy groups -OCH3 is 2. The number of ether oxygens (including phenoxy) is 2. The van der Waals surface area contributed by atoms with E-state index in [9.17, 15) is 0 Å². The summed E-state index contributed by atoms with van der Waals surface area (Å²) in [5, 5.41) is 5.62. The van der Waals surface area contributed by atoms with E-state index in [0.717, 1.165) is 39.8 Å². The first-order valence-corrected chi connectivity index (χ1v) is 10.4. The third-order valence-electron chi connectivity index (χ3n) is 5.66. The molecule has 160 valence electrons. The first-order chi connectivity index (χ1) is 15.6. The molecule has 0 unspecified atom stereocenters. The summed E-state index contributed by atoms with van der Waals surface area (Å²) in [4.78, 5) is 7.91. The number of nitrogens with zero attached hydrogens (tertiary/aromatic N) is 3. The van der Waals surface area contributed by atoms with Crippen LogP contribution in [0, 0.1) is 6.92 Å². The molecule has 2 aromatic carbocycles. The number of rotatable bonds is 6. The fourth-order valence-electron chi connectivity index (χ4n) is 3.89. The molecule has 32 heavy (non-hydrogen) atoms. The van der Waals surface area contributed by atoms with Crippen molar-refractivity contribution in [3.63, 3.8) is 0 Å². The molecule has 0 amide bonds. The molecule has 6 heteroatoms. The minimum absolute atomic E-state index is 0.691. The Morgan fingerprint density at radius 1 is 0.875 bits per heavy atom. The molecule has 3 aromatic heterocycles. The van der Waals surface area contributed by atoms with Gasteiger partial charge in [-0.1, -0.05) is 35.9 Å². The van der Waals surface area contributed by atoms with E-state index in [1.54, 1.807) is 14.2 Å². The Balaban J connectivity index is 1.48. The van der Waals surface area contributed by atoms with Gasteiger partial charge in [-0.05, 0) is 36.2 Å². The van der Waals surface area contributed by atoms with Crippen LogP contribution in [0.3, 0.4) is 0 Å². The minimum Gasteiger partial charge on any atom is -0.493 e. The summed E-state index contributed by atoms with van der Waals surface area (Å²) in [6.07, 6.45) is 7.83. The van der Waals surface area contributed by atoms with Gasteiger partial charge in [-0.25, -0.2) is 4.98 Å². The first kappa shape index (κ1) is 19.9. The highest BCUT2D eigenvalue weighted by molar-refractivity contribution is 5.95. The predicted molar refractivity (Wildman–Crippen MR) is 126 cm³/mol. The number of benzene rings is 2. The van der Waals surface area contributed by atoms with E-state index in [0.29, 0.717) is 11.5 Å². The van der Waals surface area contributed by atoms with Crippen LogP contribution in [0.4, 0.5) is 0 Å². The zero-order valence-electron chi connectivity index (χ0n) is 18.3. The van der Waals surface area contributed by atoms with Gasteiger partial charge in [-0.15, -0.1) is 0 Å². The van der Waals surface area contributed by atoms with E-state index in [2.05, 4.69) is 58.5 Å². The molecule has 0 radical (unpaired) electrons. The molecular formula is C26H24N4O2. The first-order valence-electron chi connectivity index (χ1n) is 10.4. The molecule has 5 aromatic rings. The lowest BCUT2D eigenvalue weighted by Gasteiger charge is -2.09. The van der Waals surface area contributed by atoms with Crippen LogP contribution in [0.25, 0.3) is 33.3 Å². The van der Waals surface area contributed by atoms with Crippen LogP contribution in [0.2, 0.25) is 0 Å². The van der Waals surface area contributed by atoms with Gasteiger partial charge < -0.3 is 14.5 Å². The summed E-state index contributed by atoms with van der Waals surface area (Å²) < 4.78 is 12.8. The number of H-pyrrole nitrogens is 1. The summed E-state index contributed by atoms with van der Waals surface area (Å²) in [7, 11) is 3.28. The molecule has 0 saturated heterocycles. The summed E-state index contributed by atoms with van der Waals surface area (Å²) in [6.45, 7) is 2.83. The largest absolute Gasteiger partial charge is 0.493 e. The van der Waals surface area contributed by atoms with Crippen molar-refractivity contribution in [1.29, 1.82) is 0 Å². The van der Waals surface area contributed by atoms with E-state index in [1.807, 2.05) is 41.5 Å². The van der Waals surface area contributed by atoms with Crippen LogP contribution in [0.15, 0.2) is 73.3 Å². The number of pyridine rings is 1. The third-order valence-corrected chi connectivity index (χ3v) is 5.66. The normalized spacial score (nSPS) is 11.1. The van der Waals surface area contributed by atoms with Crippen molar-refractivity contribution in [3.05, 3.63) is 84.4 Å². The lowest BCUT2D eigenvalue weighted by Crippen LogP contribution is -1.99. The van der Waals surface area contributed by atoms with Gasteiger partial charge in [0, 0.05) is 40.7 Å². The van der Waals surface area contributed by atoms with Crippen molar-refractivity contribution in [2.75, 3.05) is 14.2 Å². The second-order valence-electron chi connectivity index (χ2n) is 7.80. The fraction of sp³-hybridized carbons (Fsp3) is 0.154. The Kier molecular flexibility index (Phi) is 5.11. The van der Waals surface area contributed by atoms with E-state index in [4.69, 9.17) is 9.47 Å². The molecule has 0 aliphatic carbocycles. The molecule has 0 saturated carbocycles. The number of fused-ring (bicyclic) bond motifs is 1. The van der Waals surface area contributed by atoms with Gasteiger partial charge in [-0.2, -0.15) is 5.10 Å². The van der Waals surface area contributed by atoms with Gasteiger partial charge in [0.15, 0.2) is 11.5 Å². The average Bonchev–Trinajstić information content (AvgIpc) is 3.46. The summed E-state index contributed by atoms with van der Waals surface area (Å²) in [6, 6.07) is 16.6. The number of aromatic nitrogens is 4.